The van der Waals surface area contributed by atoms with Crippen LogP contribution in [0.2, 0.25) is 0 Å². The normalized spacial score (nSPS) is 38.3. The van der Waals surface area contributed by atoms with E-state index in [4.69, 9.17) is 23.7 Å². The Morgan fingerprint density at radius 2 is 1.66 bits per heavy atom. The maximum atomic E-state index is 14.5. The molecule has 3 saturated carbocycles. The molecular formula is C34H44O13. The average molecular weight is 661 g/mol. The van der Waals surface area contributed by atoms with Gasteiger partial charge in [0.05, 0.1) is 35.2 Å². The van der Waals surface area contributed by atoms with Crippen molar-refractivity contribution in [2.45, 2.75) is 115 Å². The molecule has 6 unspecified atom stereocenters. The number of carbonyl (C=O) groups is 5. The van der Waals surface area contributed by atoms with Crippen molar-refractivity contribution in [1.29, 1.82) is 0 Å². The summed E-state index contributed by atoms with van der Waals surface area (Å²) >= 11 is 0. The van der Waals surface area contributed by atoms with Crippen LogP contribution in [0, 0.1) is 22.7 Å². The molecule has 3 N–H and O–H groups in total. The van der Waals surface area contributed by atoms with Crippen LogP contribution >= 0.6 is 0 Å². The number of fused-ring (bicyclic) bond motifs is 5. The second kappa shape index (κ2) is 11.7. The maximum Gasteiger partial charge on any atom is 0.363 e. The number of aliphatic hydroxyl groups excluding tert-OH is 2. The van der Waals surface area contributed by atoms with E-state index in [1.54, 1.807) is 52.8 Å². The van der Waals surface area contributed by atoms with Crippen molar-refractivity contribution in [2.24, 2.45) is 22.7 Å². The summed E-state index contributed by atoms with van der Waals surface area (Å²) < 4.78 is 28.8. The van der Waals surface area contributed by atoms with E-state index in [0.717, 1.165) is 6.92 Å². The molecule has 2 bridgehead atoms. The number of aliphatic hydroxyl groups is 3. The highest BCUT2D eigenvalue weighted by molar-refractivity contribution is 6.40. The third-order valence-electron chi connectivity index (χ3n) is 10.7. The first kappa shape index (κ1) is 35.1. The van der Waals surface area contributed by atoms with Gasteiger partial charge in [-0.05, 0) is 46.2 Å². The minimum absolute atomic E-state index is 0.108. The van der Waals surface area contributed by atoms with Gasteiger partial charge in [-0.3, -0.25) is 14.4 Å². The van der Waals surface area contributed by atoms with E-state index in [1.807, 2.05) is 0 Å². The summed E-state index contributed by atoms with van der Waals surface area (Å²) in [7, 11) is 0. The van der Waals surface area contributed by atoms with E-state index in [1.165, 1.54) is 19.1 Å². The Morgan fingerprint density at radius 3 is 2.21 bits per heavy atom. The van der Waals surface area contributed by atoms with Gasteiger partial charge in [0.25, 0.3) is 6.29 Å². The van der Waals surface area contributed by atoms with Crippen molar-refractivity contribution >= 4 is 29.5 Å². The van der Waals surface area contributed by atoms with Gasteiger partial charge in [-0.15, -0.1) is 0 Å². The Morgan fingerprint density at radius 1 is 1.02 bits per heavy atom. The van der Waals surface area contributed by atoms with Crippen molar-refractivity contribution in [2.75, 3.05) is 6.61 Å². The molecule has 1 heterocycles. The molecule has 1 aromatic rings. The summed E-state index contributed by atoms with van der Waals surface area (Å²) in [5.74, 6) is -7.52. The molecule has 4 fully saturated rings. The molecule has 13 nitrogen and oxygen atoms in total. The maximum absolute atomic E-state index is 14.5. The number of Topliss-reactive ketones (excluding diaryl/α,β-unsaturated/α-hetero) is 2. The summed E-state index contributed by atoms with van der Waals surface area (Å²) in [4.78, 5) is 68.2. The summed E-state index contributed by atoms with van der Waals surface area (Å²) in [5.41, 5.74) is -8.25. The van der Waals surface area contributed by atoms with E-state index >= 15 is 0 Å². The molecule has 4 aliphatic rings. The number of rotatable bonds is 6. The van der Waals surface area contributed by atoms with Crippen LogP contribution in [0.4, 0.5) is 0 Å². The van der Waals surface area contributed by atoms with Crippen LogP contribution in [0.15, 0.2) is 30.3 Å². The van der Waals surface area contributed by atoms with E-state index < -0.39 is 106 Å². The lowest BCUT2D eigenvalue weighted by Gasteiger charge is -2.67. The van der Waals surface area contributed by atoms with Gasteiger partial charge in [0.15, 0.2) is 5.60 Å². The quantitative estimate of drug-likeness (QED) is 0.173. The zero-order chi connectivity index (χ0) is 34.9. The van der Waals surface area contributed by atoms with Crippen molar-refractivity contribution < 1.29 is 63.0 Å². The van der Waals surface area contributed by atoms with Gasteiger partial charge in [-0.1, -0.05) is 32.0 Å². The second-order valence-electron chi connectivity index (χ2n) is 15.0. The number of benzene rings is 1. The van der Waals surface area contributed by atoms with E-state index in [-0.39, 0.29) is 25.0 Å². The van der Waals surface area contributed by atoms with Gasteiger partial charge in [0.2, 0.25) is 11.6 Å². The van der Waals surface area contributed by atoms with E-state index in [2.05, 4.69) is 0 Å². The highest BCUT2D eigenvalue weighted by Gasteiger charge is 2.78. The Bertz CT molecular complexity index is 1450. The fraction of sp³-hybridized carbons (Fsp3) is 0.676. The molecule has 10 atom stereocenters. The number of carbonyl (C=O) groups excluding carboxylic acids is 5. The first-order valence-corrected chi connectivity index (χ1v) is 15.8. The predicted octanol–water partition coefficient (Wildman–Crippen LogP) is 1.66. The lowest BCUT2D eigenvalue weighted by Crippen LogP contribution is -2.82. The minimum atomic E-state index is -2.24. The summed E-state index contributed by atoms with van der Waals surface area (Å²) in [6.45, 7) is 10.2. The molecule has 0 spiro atoms. The molecule has 0 aromatic heterocycles. The number of ketones is 2. The molecule has 13 heteroatoms. The Balaban J connectivity index is 1.69. The number of hydrogen-bond acceptors (Lipinski definition) is 13. The minimum Gasteiger partial charge on any atom is -0.458 e. The second-order valence-corrected chi connectivity index (χ2v) is 15.0. The van der Waals surface area contributed by atoms with Crippen molar-refractivity contribution in [3.05, 3.63) is 35.9 Å². The standard InChI is InChI=1S/C34H44O13/c1-17(35)46-33-16-43-22(33)14-21(36)32(7)24(33)26(45-27(39)18-11-9-8-10-12-18)34(42)15-19(44-28(40)29(41)47-30(2,3)4)13-20(31(34,5)6)23(37)25(32)38/h8-12,19-22,24,26,29,36,41-42H,13-16H2,1-7H3/t19?,20?,21-,22+,24?,26?,29?,32+,33-,34?/m0/s1. The zero-order valence-corrected chi connectivity index (χ0v) is 27.7. The molecule has 3 aliphatic carbocycles. The SMILES string of the molecule is CC(=O)O[C@@]12CO[C@@H]1C[C@H](O)[C@@]1(C)C(=O)C(=O)C3CC(OC(=O)C(O)OC(C)(C)C)CC(O)(C(OC(=O)c4ccccc4)C12)C3(C)C. The average Bonchev–Trinajstić information content (AvgIpc) is 2.97. The first-order valence-electron chi connectivity index (χ1n) is 15.8. The molecule has 5 rings (SSSR count). The largest absolute Gasteiger partial charge is 0.458 e. The predicted molar refractivity (Wildman–Crippen MR) is 160 cm³/mol. The summed E-state index contributed by atoms with van der Waals surface area (Å²) in [5, 5.41) is 35.0. The molecule has 47 heavy (non-hydrogen) atoms. The lowest BCUT2D eigenvalue weighted by atomic mass is 9.43. The number of hydrogen-bond donors (Lipinski definition) is 3. The van der Waals surface area contributed by atoms with E-state index in [0.29, 0.717) is 0 Å². The molecular weight excluding hydrogens is 616 g/mol. The molecule has 1 aliphatic heterocycles. The van der Waals surface area contributed by atoms with Crippen LogP contribution in [0.5, 0.6) is 0 Å². The highest BCUT2D eigenvalue weighted by Crippen LogP contribution is 2.63. The van der Waals surface area contributed by atoms with Gasteiger partial charge in [0, 0.05) is 31.1 Å². The fourth-order valence-corrected chi connectivity index (χ4v) is 8.16. The molecule has 0 radical (unpaired) electrons. The van der Waals surface area contributed by atoms with Gasteiger partial charge in [0.1, 0.15) is 23.9 Å². The Hall–Kier alpha value is -3.23. The zero-order valence-electron chi connectivity index (χ0n) is 27.7. The van der Waals surface area contributed by atoms with Crippen LogP contribution in [0.1, 0.15) is 78.1 Å². The lowest BCUT2D eigenvalue weighted by molar-refractivity contribution is -0.348. The van der Waals surface area contributed by atoms with Crippen molar-refractivity contribution in [3.63, 3.8) is 0 Å². The van der Waals surface area contributed by atoms with Gasteiger partial charge < -0.3 is 39.0 Å². The monoisotopic (exact) mass is 660 g/mol. The van der Waals surface area contributed by atoms with Crippen LogP contribution < -0.4 is 0 Å². The van der Waals surface area contributed by atoms with Crippen LogP contribution in [0.25, 0.3) is 0 Å². The number of ether oxygens (including phenoxy) is 5. The molecule has 0 amide bonds. The molecule has 258 valence electrons. The molecule has 1 saturated heterocycles. The highest BCUT2D eigenvalue weighted by atomic mass is 16.7. The van der Waals surface area contributed by atoms with Gasteiger partial charge in [-0.2, -0.15) is 0 Å². The third kappa shape index (κ3) is 5.59. The summed E-state index contributed by atoms with van der Waals surface area (Å²) in [6, 6.07) is 7.89. The van der Waals surface area contributed by atoms with Crippen LogP contribution in [-0.4, -0.2) is 98.9 Å². The van der Waals surface area contributed by atoms with Gasteiger partial charge >= 0.3 is 17.9 Å². The third-order valence-corrected chi connectivity index (χ3v) is 10.7. The number of esters is 3. The van der Waals surface area contributed by atoms with Crippen LogP contribution in [0.3, 0.4) is 0 Å². The van der Waals surface area contributed by atoms with Crippen LogP contribution in [-0.2, 0) is 42.9 Å². The van der Waals surface area contributed by atoms with E-state index in [9.17, 15) is 39.3 Å². The van der Waals surface area contributed by atoms with Gasteiger partial charge in [-0.25, -0.2) is 9.59 Å². The first-order chi connectivity index (χ1) is 21.7. The van der Waals surface area contributed by atoms with Crippen molar-refractivity contribution in [3.8, 4) is 0 Å². The molecule has 1 aromatic carbocycles. The Kier molecular flexibility index (Phi) is 8.75. The smallest absolute Gasteiger partial charge is 0.363 e. The topological polar surface area (TPSA) is 192 Å². The van der Waals surface area contributed by atoms with Crippen molar-refractivity contribution in [1.82, 2.24) is 0 Å². The fourth-order valence-electron chi connectivity index (χ4n) is 8.16. The Labute approximate surface area is 272 Å². The summed E-state index contributed by atoms with van der Waals surface area (Å²) in [6.07, 6.45) is -8.23.